The molecule has 4 atom stereocenters. The molecule has 168 valence electrons. The zero-order chi connectivity index (χ0) is 21.9. The summed E-state index contributed by atoms with van der Waals surface area (Å²) in [4.78, 5) is 25.2. The smallest absolute Gasteiger partial charge is 0.243 e. The van der Waals surface area contributed by atoms with Crippen LogP contribution in [0.15, 0.2) is 48.5 Å². The molecule has 0 aliphatic carbocycles. The van der Waals surface area contributed by atoms with E-state index in [0.717, 1.165) is 35.8 Å². The van der Waals surface area contributed by atoms with E-state index in [1.807, 2.05) is 48.5 Å². The number of benzene rings is 2. The Morgan fingerprint density at radius 2 is 1.06 bits per heavy atom. The average molecular weight is 438 g/mol. The second-order valence-corrected chi connectivity index (χ2v) is 8.35. The monoisotopic (exact) mass is 438 g/mol. The fourth-order valence-corrected chi connectivity index (χ4v) is 3.58. The summed E-state index contributed by atoms with van der Waals surface area (Å²) in [5.41, 5.74) is 1.90. The number of carbonyl (C=O) groups is 2. The van der Waals surface area contributed by atoms with Gasteiger partial charge in [-0.1, -0.05) is 24.3 Å². The topological polar surface area (TPSA) is 102 Å². The molecule has 8 nitrogen and oxygen atoms in total. The Hall–Kier alpha value is -3.10. The lowest BCUT2D eigenvalue weighted by molar-refractivity contribution is -0.136. The van der Waals surface area contributed by atoms with Crippen molar-refractivity contribution in [3.63, 3.8) is 0 Å². The highest BCUT2D eigenvalue weighted by Crippen LogP contribution is 2.19. The Bertz CT molecular complexity index is 874. The van der Waals surface area contributed by atoms with Gasteiger partial charge in [0, 0.05) is 12.8 Å². The third-order valence-electron chi connectivity index (χ3n) is 5.67. The van der Waals surface area contributed by atoms with Gasteiger partial charge in [-0.3, -0.25) is 9.59 Å². The molecule has 8 heteroatoms. The van der Waals surface area contributed by atoms with Gasteiger partial charge in [0.2, 0.25) is 11.8 Å². The highest BCUT2D eigenvalue weighted by molar-refractivity contribution is 5.97. The highest BCUT2D eigenvalue weighted by Gasteiger charge is 2.33. The van der Waals surface area contributed by atoms with Crippen molar-refractivity contribution in [2.45, 2.75) is 37.1 Å². The molecule has 2 amide bonds. The zero-order valence-electron chi connectivity index (χ0n) is 17.6. The van der Waals surface area contributed by atoms with Gasteiger partial charge >= 0.3 is 0 Å². The Kier molecular flexibility index (Phi) is 5.96. The maximum Gasteiger partial charge on any atom is 0.243 e. The van der Waals surface area contributed by atoms with Gasteiger partial charge < -0.3 is 29.6 Å². The minimum Gasteiger partial charge on any atom is -0.491 e. The van der Waals surface area contributed by atoms with Gasteiger partial charge in [-0.05, 0) is 35.4 Å². The van der Waals surface area contributed by atoms with Crippen molar-refractivity contribution in [3.8, 4) is 11.5 Å². The van der Waals surface area contributed by atoms with Crippen molar-refractivity contribution in [1.82, 2.24) is 10.6 Å². The van der Waals surface area contributed by atoms with Crippen molar-refractivity contribution in [2.24, 2.45) is 0 Å². The van der Waals surface area contributed by atoms with Crippen molar-refractivity contribution >= 4 is 11.8 Å². The fraction of sp³-hybridized carbons (Fsp3) is 0.417. The number of ether oxygens (including phenoxy) is 4. The van der Waals surface area contributed by atoms with Crippen molar-refractivity contribution in [1.29, 1.82) is 0 Å². The molecule has 2 aromatic carbocycles. The molecule has 2 unspecified atom stereocenters. The maximum absolute atomic E-state index is 12.6. The van der Waals surface area contributed by atoms with E-state index >= 15 is 0 Å². The first-order valence-corrected chi connectivity index (χ1v) is 10.9. The van der Waals surface area contributed by atoms with Crippen LogP contribution in [0.3, 0.4) is 0 Å². The molecule has 0 spiro atoms. The average Bonchev–Trinajstić information content (AvgIpc) is 3.71. The molecule has 32 heavy (non-hydrogen) atoms. The molecule has 0 bridgehead atoms. The number of hydrogen-bond donors (Lipinski definition) is 2. The van der Waals surface area contributed by atoms with Gasteiger partial charge in [-0.2, -0.15) is 0 Å². The maximum atomic E-state index is 12.6. The van der Waals surface area contributed by atoms with Gasteiger partial charge in [0.05, 0.1) is 13.2 Å². The predicted molar refractivity (Wildman–Crippen MR) is 115 cm³/mol. The number of nitrogens with one attached hydrogen (secondary N) is 2. The Morgan fingerprint density at radius 1 is 0.688 bits per heavy atom. The fourth-order valence-electron chi connectivity index (χ4n) is 3.58. The molecule has 3 saturated heterocycles. The van der Waals surface area contributed by atoms with Crippen LogP contribution in [-0.4, -0.2) is 62.5 Å². The lowest BCUT2D eigenvalue weighted by Crippen LogP contribution is -2.62. The van der Waals surface area contributed by atoms with E-state index in [4.69, 9.17) is 18.9 Å². The van der Waals surface area contributed by atoms with Gasteiger partial charge in [0.25, 0.3) is 0 Å². The SMILES string of the molecule is O=C1N[C@H](Cc2ccc(OCC3CO3)cc2)C(=O)N[C@H]1Cc1ccc(OCC2CO2)cc1. The molecule has 3 fully saturated rings. The summed E-state index contributed by atoms with van der Waals surface area (Å²) < 4.78 is 21.5. The molecule has 3 heterocycles. The van der Waals surface area contributed by atoms with Gasteiger partial charge in [-0.15, -0.1) is 0 Å². The van der Waals surface area contributed by atoms with Crippen LogP contribution < -0.4 is 20.1 Å². The summed E-state index contributed by atoms with van der Waals surface area (Å²) >= 11 is 0. The third kappa shape index (κ3) is 5.57. The first kappa shape index (κ1) is 20.8. The molecule has 3 aliphatic rings. The summed E-state index contributed by atoms with van der Waals surface area (Å²) in [6.07, 6.45) is 1.26. The number of carbonyl (C=O) groups excluding carboxylic acids is 2. The largest absolute Gasteiger partial charge is 0.491 e. The van der Waals surface area contributed by atoms with E-state index in [-0.39, 0.29) is 24.0 Å². The number of piperazine rings is 1. The second-order valence-electron chi connectivity index (χ2n) is 8.35. The molecule has 3 aliphatic heterocycles. The second kappa shape index (κ2) is 9.18. The standard InChI is InChI=1S/C24H26N2O6/c27-23-21(9-15-1-5-17(6-2-15)29-11-19-13-31-19)25-24(28)22(26-23)10-16-3-7-18(8-4-16)30-12-20-14-32-20/h1-8,19-22H,9-14H2,(H,25,28)(H,26,27)/t19?,20?,21-,22+. The molecule has 0 saturated carbocycles. The van der Waals surface area contributed by atoms with Crippen LogP contribution >= 0.6 is 0 Å². The van der Waals surface area contributed by atoms with E-state index < -0.39 is 12.1 Å². The third-order valence-corrected chi connectivity index (χ3v) is 5.67. The minimum atomic E-state index is -0.592. The first-order chi connectivity index (χ1) is 15.6. The van der Waals surface area contributed by atoms with Crippen LogP contribution in [0.4, 0.5) is 0 Å². The molecule has 2 N–H and O–H groups in total. The van der Waals surface area contributed by atoms with Crippen LogP contribution in [0.5, 0.6) is 11.5 Å². The predicted octanol–water partition coefficient (Wildman–Crippen LogP) is 1.01. The van der Waals surface area contributed by atoms with Crippen LogP contribution in [0.25, 0.3) is 0 Å². The molecular weight excluding hydrogens is 412 g/mol. The number of epoxide rings is 2. The lowest BCUT2D eigenvalue weighted by atomic mass is 9.98. The van der Waals surface area contributed by atoms with Crippen molar-refractivity contribution in [3.05, 3.63) is 59.7 Å². The van der Waals surface area contributed by atoms with E-state index in [1.54, 1.807) is 0 Å². The number of amides is 2. The zero-order valence-corrected chi connectivity index (χ0v) is 17.6. The van der Waals surface area contributed by atoms with Gasteiger partial charge in [-0.25, -0.2) is 0 Å². The van der Waals surface area contributed by atoms with Crippen LogP contribution in [0, 0.1) is 0 Å². The molecule has 2 aromatic rings. The highest BCUT2D eigenvalue weighted by atomic mass is 16.6. The summed E-state index contributed by atoms with van der Waals surface area (Å²) in [7, 11) is 0. The summed E-state index contributed by atoms with van der Waals surface area (Å²) in [6, 6.07) is 13.9. The van der Waals surface area contributed by atoms with Gasteiger partial charge in [0.1, 0.15) is 49.0 Å². The van der Waals surface area contributed by atoms with Crippen LogP contribution in [0.1, 0.15) is 11.1 Å². The van der Waals surface area contributed by atoms with Crippen LogP contribution in [-0.2, 0) is 31.9 Å². The minimum absolute atomic E-state index is 0.176. The molecule has 5 rings (SSSR count). The Labute approximate surface area is 186 Å². The van der Waals surface area contributed by atoms with Gasteiger partial charge in [0.15, 0.2) is 0 Å². The summed E-state index contributed by atoms with van der Waals surface area (Å²) in [6.45, 7) is 2.61. The van der Waals surface area contributed by atoms with Crippen molar-refractivity contribution < 1.29 is 28.5 Å². The van der Waals surface area contributed by atoms with E-state index in [1.165, 1.54) is 0 Å². The molecular formula is C24H26N2O6. The quantitative estimate of drug-likeness (QED) is 0.537. The number of rotatable bonds is 10. The Morgan fingerprint density at radius 3 is 1.41 bits per heavy atom. The summed E-state index contributed by atoms with van der Waals surface area (Å²) in [5.74, 6) is 1.17. The van der Waals surface area contributed by atoms with Crippen molar-refractivity contribution in [2.75, 3.05) is 26.4 Å². The molecule has 0 radical (unpaired) electrons. The number of hydrogen-bond acceptors (Lipinski definition) is 6. The van der Waals surface area contributed by atoms with Crippen LogP contribution in [0.2, 0.25) is 0 Å². The Balaban J connectivity index is 1.11. The first-order valence-electron chi connectivity index (χ1n) is 10.9. The lowest BCUT2D eigenvalue weighted by Gasteiger charge is -2.29. The van der Waals surface area contributed by atoms with E-state index in [0.29, 0.717) is 26.1 Å². The molecule has 0 aromatic heterocycles. The summed E-state index contributed by atoms with van der Waals surface area (Å²) in [5, 5.41) is 5.72. The van der Waals surface area contributed by atoms with E-state index in [9.17, 15) is 9.59 Å². The normalized spacial score (nSPS) is 26.1. The van der Waals surface area contributed by atoms with E-state index in [2.05, 4.69) is 10.6 Å².